The zero-order valence-corrected chi connectivity index (χ0v) is 11.4. The van der Waals surface area contributed by atoms with E-state index in [1.807, 2.05) is 19.1 Å². The minimum Gasteiger partial charge on any atom is -0.385 e. The van der Waals surface area contributed by atoms with Gasteiger partial charge >= 0.3 is 0 Å². The van der Waals surface area contributed by atoms with Crippen LogP contribution in [0.4, 0.5) is 5.69 Å². The molecule has 1 aliphatic rings. The van der Waals surface area contributed by atoms with E-state index in [4.69, 9.17) is 5.26 Å². The number of benzene rings is 1. The highest BCUT2D eigenvalue weighted by Gasteiger charge is 2.18. The van der Waals surface area contributed by atoms with Gasteiger partial charge in [0.25, 0.3) is 0 Å². The van der Waals surface area contributed by atoms with Crippen LogP contribution in [-0.4, -0.2) is 6.54 Å². The van der Waals surface area contributed by atoms with Crippen molar-refractivity contribution in [3.63, 3.8) is 0 Å². The molecule has 2 unspecified atom stereocenters. The quantitative estimate of drug-likeness (QED) is 0.866. The third-order valence-electron chi connectivity index (χ3n) is 3.99. The number of anilines is 1. The number of hydrogen-bond donors (Lipinski definition) is 1. The molecule has 0 heterocycles. The van der Waals surface area contributed by atoms with Crippen LogP contribution in [0.15, 0.2) is 18.2 Å². The molecule has 96 valence electrons. The number of nitriles is 1. The molecule has 1 aromatic carbocycles. The molecule has 0 spiro atoms. The number of hydrogen-bond acceptors (Lipinski definition) is 2. The molecule has 2 nitrogen and oxygen atoms in total. The molecular weight excluding hydrogens is 220 g/mol. The number of nitrogens with zero attached hydrogens (tertiary/aromatic N) is 1. The van der Waals surface area contributed by atoms with Gasteiger partial charge in [0.05, 0.1) is 11.6 Å². The van der Waals surface area contributed by atoms with E-state index in [0.717, 1.165) is 35.2 Å². The molecule has 1 saturated carbocycles. The van der Waals surface area contributed by atoms with Crippen molar-refractivity contribution in [2.45, 2.75) is 39.5 Å². The monoisotopic (exact) mass is 242 g/mol. The standard InChI is InChI=1S/C16H22N2/c1-12-4-3-5-14(8-12)11-18-16-7-6-15(10-17)13(2)9-16/h6-7,9,12,14,18H,3-5,8,11H2,1-2H3. The summed E-state index contributed by atoms with van der Waals surface area (Å²) in [6.07, 6.45) is 5.47. The smallest absolute Gasteiger partial charge is 0.0994 e. The summed E-state index contributed by atoms with van der Waals surface area (Å²) in [4.78, 5) is 0. The lowest BCUT2D eigenvalue weighted by molar-refractivity contribution is 0.293. The van der Waals surface area contributed by atoms with Crippen molar-refractivity contribution >= 4 is 5.69 Å². The van der Waals surface area contributed by atoms with Crippen molar-refractivity contribution < 1.29 is 0 Å². The molecule has 2 heteroatoms. The van der Waals surface area contributed by atoms with Gasteiger partial charge in [0.2, 0.25) is 0 Å². The molecule has 0 aromatic heterocycles. The number of aryl methyl sites for hydroxylation is 1. The molecule has 0 saturated heterocycles. The van der Waals surface area contributed by atoms with Crippen molar-refractivity contribution in [2.75, 3.05) is 11.9 Å². The third kappa shape index (κ3) is 3.26. The molecule has 0 amide bonds. The van der Waals surface area contributed by atoms with E-state index >= 15 is 0 Å². The summed E-state index contributed by atoms with van der Waals surface area (Å²) < 4.78 is 0. The molecule has 2 rings (SSSR count). The van der Waals surface area contributed by atoms with Gasteiger partial charge in [-0.15, -0.1) is 0 Å². The average molecular weight is 242 g/mol. The molecule has 0 radical (unpaired) electrons. The maximum atomic E-state index is 8.90. The van der Waals surface area contributed by atoms with Crippen molar-refractivity contribution in [2.24, 2.45) is 11.8 Å². The molecule has 2 atom stereocenters. The zero-order chi connectivity index (χ0) is 13.0. The van der Waals surface area contributed by atoms with E-state index in [-0.39, 0.29) is 0 Å². The highest BCUT2D eigenvalue weighted by molar-refractivity contribution is 5.51. The van der Waals surface area contributed by atoms with Crippen LogP contribution in [0.25, 0.3) is 0 Å². The van der Waals surface area contributed by atoms with E-state index < -0.39 is 0 Å². The largest absolute Gasteiger partial charge is 0.385 e. The summed E-state index contributed by atoms with van der Waals surface area (Å²) in [5.74, 6) is 1.69. The van der Waals surface area contributed by atoms with Crippen molar-refractivity contribution in [1.82, 2.24) is 0 Å². The maximum absolute atomic E-state index is 8.90. The van der Waals surface area contributed by atoms with Crippen LogP contribution in [0.2, 0.25) is 0 Å². The first-order valence-electron chi connectivity index (χ1n) is 6.93. The fraction of sp³-hybridized carbons (Fsp3) is 0.562. The van der Waals surface area contributed by atoms with Crippen LogP contribution >= 0.6 is 0 Å². The Labute approximate surface area is 110 Å². The first-order chi connectivity index (χ1) is 8.69. The summed E-state index contributed by atoms with van der Waals surface area (Å²) in [7, 11) is 0. The van der Waals surface area contributed by atoms with Gasteiger partial charge < -0.3 is 5.32 Å². The third-order valence-corrected chi connectivity index (χ3v) is 3.99. The van der Waals surface area contributed by atoms with E-state index in [0.29, 0.717) is 0 Å². The van der Waals surface area contributed by atoms with Gasteiger partial charge in [-0.3, -0.25) is 0 Å². The van der Waals surface area contributed by atoms with Crippen LogP contribution in [0.3, 0.4) is 0 Å². The highest BCUT2D eigenvalue weighted by atomic mass is 14.9. The highest BCUT2D eigenvalue weighted by Crippen LogP contribution is 2.28. The minimum absolute atomic E-state index is 0.770. The SMILES string of the molecule is Cc1cc(NCC2CCCC(C)C2)ccc1C#N. The van der Waals surface area contributed by atoms with Crippen molar-refractivity contribution in [3.05, 3.63) is 29.3 Å². The minimum atomic E-state index is 0.770. The van der Waals surface area contributed by atoms with Gasteiger partial charge in [-0.05, 0) is 55.4 Å². The van der Waals surface area contributed by atoms with Crippen LogP contribution in [0, 0.1) is 30.1 Å². The Morgan fingerprint density at radius 3 is 2.89 bits per heavy atom. The first kappa shape index (κ1) is 13.0. The second-order valence-corrected chi connectivity index (χ2v) is 5.66. The van der Waals surface area contributed by atoms with Gasteiger partial charge in [0, 0.05) is 12.2 Å². The fourth-order valence-electron chi connectivity index (χ4n) is 2.91. The number of rotatable bonds is 3. The predicted octanol–water partition coefficient (Wildman–Crippen LogP) is 4.10. The van der Waals surface area contributed by atoms with E-state index in [1.165, 1.54) is 25.7 Å². The van der Waals surface area contributed by atoms with Gasteiger partial charge in [-0.2, -0.15) is 5.26 Å². The molecule has 1 aromatic rings. The van der Waals surface area contributed by atoms with Crippen LogP contribution in [-0.2, 0) is 0 Å². The fourth-order valence-corrected chi connectivity index (χ4v) is 2.91. The summed E-state index contributed by atoms with van der Waals surface area (Å²) in [5, 5.41) is 12.4. The Balaban J connectivity index is 1.90. The summed E-state index contributed by atoms with van der Waals surface area (Å²) >= 11 is 0. The van der Waals surface area contributed by atoms with E-state index in [2.05, 4.69) is 24.4 Å². The first-order valence-corrected chi connectivity index (χ1v) is 6.93. The van der Waals surface area contributed by atoms with Crippen molar-refractivity contribution in [1.29, 1.82) is 5.26 Å². The van der Waals surface area contributed by atoms with Crippen LogP contribution in [0.5, 0.6) is 0 Å². The van der Waals surface area contributed by atoms with Crippen molar-refractivity contribution in [3.8, 4) is 6.07 Å². The molecule has 0 aliphatic heterocycles. The lowest BCUT2D eigenvalue weighted by Crippen LogP contribution is -2.21. The summed E-state index contributed by atoms with van der Waals surface area (Å²) in [5.41, 5.74) is 2.97. The Morgan fingerprint density at radius 2 is 2.22 bits per heavy atom. The molecule has 1 fully saturated rings. The van der Waals surface area contributed by atoms with Gasteiger partial charge in [-0.25, -0.2) is 0 Å². The lowest BCUT2D eigenvalue weighted by atomic mass is 9.82. The summed E-state index contributed by atoms with van der Waals surface area (Å²) in [6, 6.07) is 8.20. The molecule has 1 N–H and O–H groups in total. The normalized spacial score (nSPS) is 23.4. The predicted molar refractivity (Wildman–Crippen MR) is 75.5 cm³/mol. The molecule has 18 heavy (non-hydrogen) atoms. The topological polar surface area (TPSA) is 35.8 Å². The average Bonchev–Trinajstić information content (AvgIpc) is 2.37. The van der Waals surface area contributed by atoms with Crippen LogP contribution in [0.1, 0.15) is 43.7 Å². The van der Waals surface area contributed by atoms with E-state index in [9.17, 15) is 0 Å². The second kappa shape index (κ2) is 5.91. The molecular formula is C16H22N2. The Morgan fingerprint density at radius 1 is 1.39 bits per heavy atom. The second-order valence-electron chi connectivity index (χ2n) is 5.66. The summed E-state index contributed by atoms with van der Waals surface area (Å²) in [6.45, 7) is 5.42. The van der Waals surface area contributed by atoms with Crippen LogP contribution < -0.4 is 5.32 Å². The van der Waals surface area contributed by atoms with E-state index in [1.54, 1.807) is 0 Å². The zero-order valence-electron chi connectivity index (χ0n) is 11.4. The Bertz CT molecular complexity index is 445. The Kier molecular flexibility index (Phi) is 4.25. The number of nitrogens with one attached hydrogen (secondary N) is 1. The maximum Gasteiger partial charge on any atom is 0.0994 e. The van der Waals surface area contributed by atoms with Gasteiger partial charge in [-0.1, -0.05) is 19.8 Å². The Hall–Kier alpha value is -1.49. The lowest BCUT2D eigenvalue weighted by Gasteiger charge is -2.27. The van der Waals surface area contributed by atoms with Gasteiger partial charge in [0.15, 0.2) is 0 Å². The molecule has 0 bridgehead atoms. The molecule has 1 aliphatic carbocycles. The van der Waals surface area contributed by atoms with Gasteiger partial charge in [0.1, 0.15) is 0 Å².